The number of benzene rings is 2. The molecule has 0 radical (unpaired) electrons. The number of amides is 2. The normalized spacial score (nSPS) is 16.8. The molecule has 0 aliphatic carbocycles. The number of nitrogens with zero attached hydrogens (tertiary/aromatic N) is 2. The molecule has 1 N–H and O–H groups in total. The topological polar surface area (TPSA) is 75.4 Å². The fraction of sp³-hybridized carbons (Fsp3) is 0.250. The number of aromatic nitrogens is 1. The molecule has 1 aliphatic heterocycles. The molecule has 2 heterocycles. The number of nitrogens with one attached hydrogen (secondary N) is 1. The maximum atomic E-state index is 12.8. The third-order valence-corrected chi connectivity index (χ3v) is 4.74. The molecule has 2 amide bonds. The number of rotatable bonds is 3. The molecule has 26 heavy (non-hydrogen) atoms. The van der Waals surface area contributed by atoms with Crippen molar-refractivity contribution in [2.75, 3.05) is 20.1 Å². The van der Waals surface area contributed by atoms with Gasteiger partial charge in [0, 0.05) is 31.3 Å². The maximum Gasteiger partial charge on any atom is 0.253 e. The van der Waals surface area contributed by atoms with E-state index in [1.807, 2.05) is 36.4 Å². The van der Waals surface area contributed by atoms with E-state index in [2.05, 4.69) is 10.3 Å². The van der Waals surface area contributed by atoms with Gasteiger partial charge in [0.25, 0.3) is 5.91 Å². The first-order valence-corrected chi connectivity index (χ1v) is 8.62. The second-order valence-corrected chi connectivity index (χ2v) is 6.42. The van der Waals surface area contributed by atoms with Gasteiger partial charge in [0.05, 0.1) is 5.92 Å². The fourth-order valence-electron chi connectivity index (χ4n) is 3.33. The van der Waals surface area contributed by atoms with Crippen molar-refractivity contribution in [3.8, 4) is 11.5 Å². The third-order valence-electron chi connectivity index (χ3n) is 4.74. The number of hydrogen-bond donors (Lipinski definition) is 1. The zero-order valence-electron chi connectivity index (χ0n) is 14.4. The molecule has 132 valence electrons. The van der Waals surface area contributed by atoms with Gasteiger partial charge in [-0.3, -0.25) is 9.59 Å². The molecular formula is C20H19N3O3. The lowest BCUT2D eigenvalue weighted by Gasteiger charge is -2.16. The first-order valence-electron chi connectivity index (χ1n) is 8.62. The highest BCUT2D eigenvalue weighted by molar-refractivity contribution is 5.96. The van der Waals surface area contributed by atoms with Crippen molar-refractivity contribution in [3.05, 3.63) is 54.1 Å². The Bertz CT molecular complexity index is 946. The lowest BCUT2D eigenvalue weighted by atomic mass is 10.1. The summed E-state index contributed by atoms with van der Waals surface area (Å²) >= 11 is 0. The number of hydrogen-bond acceptors (Lipinski definition) is 4. The van der Waals surface area contributed by atoms with Crippen molar-refractivity contribution in [3.63, 3.8) is 0 Å². The zero-order chi connectivity index (χ0) is 18.1. The van der Waals surface area contributed by atoms with Gasteiger partial charge in [0.2, 0.25) is 11.8 Å². The van der Waals surface area contributed by atoms with E-state index < -0.39 is 0 Å². The van der Waals surface area contributed by atoms with Gasteiger partial charge in [-0.15, -0.1) is 0 Å². The van der Waals surface area contributed by atoms with Crippen LogP contribution in [-0.4, -0.2) is 41.8 Å². The first-order chi connectivity index (χ1) is 12.7. The molecule has 3 aromatic rings. The summed E-state index contributed by atoms with van der Waals surface area (Å²) < 4.78 is 5.79. The summed E-state index contributed by atoms with van der Waals surface area (Å²) in [5, 5.41) is 2.65. The van der Waals surface area contributed by atoms with Crippen LogP contribution >= 0.6 is 0 Å². The van der Waals surface area contributed by atoms with Crippen molar-refractivity contribution in [2.45, 2.75) is 6.42 Å². The maximum absolute atomic E-state index is 12.8. The Kier molecular flexibility index (Phi) is 4.16. The van der Waals surface area contributed by atoms with E-state index in [4.69, 9.17) is 4.42 Å². The van der Waals surface area contributed by atoms with Crippen molar-refractivity contribution >= 4 is 22.9 Å². The van der Waals surface area contributed by atoms with Crippen LogP contribution in [-0.2, 0) is 4.79 Å². The molecule has 0 unspecified atom stereocenters. The van der Waals surface area contributed by atoms with Crippen LogP contribution in [0, 0.1) is 5.92 Å². The molecule has 1 atom stereocenters. The van der Waals surface area contributed by atoms with Crippen molar-refractivity contribution in [1.29, 1.82) is 0 Å². The monoisotopic (exact) mass is 349 g/mol. The zero-order valence-corrected chi connectivity index (χ0v) is 14.4. The summed E-state index contributed by atoms with van der Waals surface area (Å²) in [5.41, 5.74) is 2.83. The summed E-state index contributed by atoms with van der Waals surface area (Å²) in [6.07, 6.45) is 0.691. The summed E-state index contributed by atoms with van der Waals surface area (Å²) in [7, 11) is 1.62. The van der Waals surface area contributed by atoms with Crippen LogP contribution in [0.3, 0.4) is 0 Å². The Morgan fingerprint density at radius 1 is 1.19 bits per heavy atom. The van der Waals surface area contributed by atoms with Gasteiger partial charge in [-0.05, 0) is 36.8 Å². The van der Waals surface area contributed by atoms with Gasteiger partial charge in [-0.25, -0.2) is 4.98 Å². The van der Waals surface area contributed by atoms with Gasteiger partial charge < -0.3 is 14.6 Å². The van der Waals surface area contributed by atoms with Crippen LogP contribution < -0.4 is 5.32 Å². The Morgan fingerprint density at radius 3 is 2.85 bits per heavy atom. The van der Waals surface area contributed by atoms with Crippen molar-refractivity contribution in [1.82, 2.24) is 15.2 Å². The van der Waals surface area contributed by atoms with E-state index in [-0.39, 0.29) is 17.7 Å². The molecule has 0 spiro atoms. The fourth-order valence-corrected chi connectivity index (χ4v) is 3.33. The van der Waals surface area contributed by atoms with Crippen LogP contribution in [0.2, 0.25) is 0 Å². The molecule has 1 aromatic heterocycles. The van der Waals surface area contributed by atoms with E-state index in [1.165, 1.54) is 0 Å². The number of oxazole rings is 1. The van der Waals surface area contributed by atoms with Crippen molar-refractivity contribution in [2.24, 2.45) is 5.92 Å². The Morgan fingerprint density at radius 2 is 2.04 bits per heavy atom. The van der Waals surface area contributed by atoms with E-state index in [0.29, 0.717) is 36.5 Å². The van der Waals surface area contributed by atoms with Gasteiger partial charge in [-0.1, -0.05) is 18.2 Å². The second-order valence-electron chi connectivity index (χ2n) is 6.42. The molecule has 2 aromatic carbocycles. The average molecular weight is 349 g/mol. The van der Waals surface area contributed by atoms with Gasteiger partial charge in [-0.2, -0.15) is 0 Å². The molecule has 4 rings (SSSR count). The van der Waals surface area contributed by atoms with E-state index in [1.54, 1.807) is 24.1 Å². The SMILES string of the molecule is CNC(=O)[C@H]1CCN(C(=O)c2cccc(-c3nc4ccccc4o3)c2)C1. The van der Waals surface area contributed by atoms with Gasteiger partial charge in [0.15, 0.2) is 5.58 Å². The van der Waals surface area contributed by atoms with Gasteiger partial charge in [0.1, 0.15) is 5.52 Å². The predicted molar refractivity (Wildman–Crippen MR) is 97.5 cm³/mol. The summed E-state index contributed by atoms with van der Waals surface area (Å²) in [5.74, 6) is 0.268. The molecular weight excluding hydrogens is 330 g/mol. The standard InChI is InChI=1S/C20H19N3O3/c1-21-18(24)15-9-10-23(12-15)20(25)14-6-4-5-13(11-14)19-22-16-7-2-3-8-17(16)26-19/h2-8,11,15H,9-10,12H2,1H3,(H,21,24)/t15-/m0/s1. The molecule has 1 aliphatic rings. The van der Waals surface area contributed by atoms with E-state index in [9.17, 15) is 9.59 Å². The Balaban J connectivity index is 1.58. The minimum atomic E-state index is -0.135. The lowest BCUT2D eigenvalue weighted by molar-refractivity contribution is -0.124. The second kappa shape index (κ2) is 6.63. The lowest BCUT2D eigenvalue weighted by Crippen LogP contribution is -2.33. The minimum Gasteiger partial charge on any atom is -0.436 e. The summed E-state index contributed by atoms with van der Waals surface area (Å²) in [6, 6.07) is 14.8. The number of carbonyl (C=O) groups is 2. The largest absolute Gasteiger partial charge is 0.436 e. The van der Waals surface area contributed by atoms with Crippen LogP contribution in [0.1, 0.15) is 16.8 Å². The highest BCUT2D eigenvalue weighted by Gasteiger charge is 2.31. The minimum absolute atomic E-state index is 0.0134. The number of para-hydroxylation sites is 2. The first kappa shape index (κ1) is 16.3. The van der Waals surface area contributed by atoms with Crippen LogP contribution in [0.5, 0.6) is 0 Å². The summed E-state index contributed by atoms with van der Waals surface area (Å²) in [4.78, 5) is 30.8. The summed E-state index contributed by atoms with van der Waals surface area (Å²) in [6.45, 7) is 1.04. The molecule has 1 saturated heterocycles. The smallest absolute Gasteiger partial charge is 0.253 e. The highest BCUT2D eigenvalue weighted by atomic mass is 16.3. The third kappa shape index (κ3) is 2.94. The number of likely N-dealkylation sites (tertiary alicyclic amines) is 1. The van der Waals surface area contributed by atoms with E-state index in [0.717, 1.165) is 11.1 Å². The Labute approximate surface area is 150 Å². The molecule has 6 heteroatoms. The molecule has 1 fully saturated rings. The van der Waals surface area contributed by atoms with Crippen LogP contribution in [0.15, 0.2) is 52.9 Å². The Hall–Kier alpha value is -3.15. The van der Waals surface area contributed by atoms with E-state index >= 15 is 0 Å². The van der Waals surface area contributed by atoms with Gasteiger partial charge >= 0.3 is 0 Å². The number of carbonyl (C=O) groups excluding carboxylic acids is 2. The highest BCUT2D eigenvalue weighted by Crippen LogP contribution is 2.26. The average Bonchev–Trinajstić information content (AvgIpc) is 3.34. The van der Waals surface area contributed by atoms with Crippen molar-refractivity contribution < 1.29 is 14.0 Å². The van der Waals surface area contributed by atoms with Crippen LogP contribution in [0.4, 0.5) is 0 Å². The quantitative estimate of drug-likeness (QED) is 0.789. The molecule has 0 bridgehead atoms. The van der Waals surface area contributed by atoms with Crippen LogP contribution in [0.25, 0.3) is 22.6 Å². The molecule has 6 nitrogen and oxygen atoms in total. The molecule has 0 saturated carbocycles. The number of fused-ring (bicyclic) bond motifs is 1. The predicted octanol–water partition coefficient (Wildman–Crippen LogP) is 2.70.